The molecule has 0 heterocycles. The molecule has 2 nitrogen and oxygen atoms in total. The highest BCUT2D eigenvalue weighted by molar-refractivity contribution is 5.88. The number of rotatable bonds is 2. The van der Waals surface area contributed by atoms with Crippen LogP contribution in [0.3, 0.4) is 0 Å². The van der Waals surface area contributed by atoms with Gasteiger partial charge >= 0.3 is 5.97 Å². The van der Waals surface area contributed by atoms with E-state index < -0.39 is 0 Å². The van der Waals surface area contributed by atoms with Crippen LogP contribution < -0.4 is 0 Å². The normalized spacial score (nSPS) is 10.9. The summed E-state index contributed by atoms with van der Waals surface area (Å²) in [5.74, 6) is -0.292. The van der Waals surface area contributed by atoms with Crippen molar-refractivity contribution in [3.63, 3.8) is 0 Å². The molecule has 0 amide bonds. The molecule has 0 aliphatic heterocycles. The van der Waals surface area contributed by atoms with Gasteiger partial charge in [-0.05, 0) is 12.3 Å². The molecule has 0 aliphatic rings. The van der Waals surface area contributed by atoms with E-state index in [2.05, 4.69) is 6.58 Å². The SMILES string of the molecule is C=C(C(=O)OCC)C(C)(C)C. The molecule has 11 heavy (non-hydrogen) atoms. The zero-order valence-corrected chi connectivity index (χ0v) is 7.73. The minimum atomic E-state index is -0.292. The molecule has 0 saturated heterocycles. The summed E-state index contributed by atoms with van der Waals surface area (Å²) in [4.78, 5) is 11.1. The Morgan fingerprint density at radius 2 is 1.91 bits per heavy atom. The first-order valence-corrected chi connectivity index (χ1v) is 3.76. The van der Waals surface area contributed by atoms with Crippen molar-refractivity contribution in [2.24, 2.45) is 5.41 Å². The predicted molar refractivity (Wildman–Crippen MR) is 45.2 cm³/mol. The van der Waals surface area contributed by atoms with E-state index in [0.717, 1.165) is 0 Å². The molecule has 2 heteroatoms. The van der Waals surface area contributed by atoms with Crippen molar-refractivity contribution < 1.29 is 9.53 Å². The summed E-state index contributed by atoms with van der Waals surface area (Å²) in [5.41, 5.74) is 0.339. The van der Waals surface area contributed by atoms with Crippen LogP contribution in [-0.4, -0.2) is 12.6 Å². The lowest BCUT2D eigenvalue weighted by atomic mass is 9.88. The summed E-state index contributed by atoms with van der Waals surface area (Å²) < 4.78 is 4.79. The smallest absolute Gasteiger partial charge is 0.333 e. The Kier molecular flexibility index (Phi) is 3.30. The Morgan fingerprint density at radius 3 is 2.18 bits per heavy atom. The van der Waals surface area contributed by atoms with Gasteiger partial charge in [0.15, 0.2) is 0 Å². The number of carbonyl (C=O) groups is 1. The molecule has 0 aromatic rings. The number of hydrogen-bond donors (Lipinski definition) is 0. The van der Waals surface area contributed by atoms with E-state index in [4.69, 9.17) is 4.74 Å². The Hall–Kier alpha value is -0.790. The van der Waals surface area contributed by atoms with Gasteiger partial charge in [0.2, 0.25) is 0 Å². The Bertz CT molecular complexity index is 163. The third-order valence-corrected chi connectivity index (χ3v) is 1.43. The van der Waals surface area contributed by atoms with E-state index in [1.54, 1.807) is 6.92 Å². The van der Waals surface area contributed by atoms with E-state index in [1.807, 2.05) is 20.8 Å². The lowest BCUT2D eigenvalue weighted by molar-refractivity contribution is -0.139. The van der Waals surface area contributed by atoms with Crippen LogP contribution >= 0.6 is 0 Å². The average molecular weight is 156 g/mol. The Morgan fingerprint density at radius 1 is 1.45 bits per heavy atom. The van der Waals surface area contributed by atoms with Crippen molar-refractivity contribution in [2.45, 2.75) is 27.7 Å². The van der Waals surface area contributed by atoms with Crippen LogP contribution in [0.5, 0.6) is 0 Å². The van der Waals surface area contributed by atoms with E-state index in [1.165, 1.54) is 0 Å². The monoisotopic (exact) mass is 156 g/mol. The zero-order valence-electron chi connectivity index (χ0n) is 7.73. The first-order chi connectivity index (χ1) is 4.89. The fourth-order valence-corrected chi connectivity index (χ4v) is 0.524. The standard InChI is InChI=1S/C9H16O2/c1-6-11-8(10)7(2)9(3,4)5/h2,6H2,1,3-5H3. The third-order valence-electron chi connectivity index (χ3n) is 1.43. The Balaban J connectivity index is 4.15. The third kappa shape index (κ3) is 3.21. The number of hydrogen-bond acceptors (Lipinski definition) is 2. The van der Waals surface area contributed by atoms with Gasteiger partial charge in [-0.2, -0.15) is 0 Å². The molecule has 0 aromatic heterocycles. The maximum absolute atomic E-state index is 11.1. The number of esters is 1. The molecule has 0 unspecified atom stereocenters. The summed E-state index contributed by atoms with van der Waals surface area (Å²) in [7, 11) is 0. The van der Waals surface area contributed by atoms with E-state index in [0.29, 0.717) is 12.2 Å². The molecule has 0 radical (unpaired) electrons. The van der Waals surface area contributed by atoms with Crippen molar-refractivity contribution in [3.05, 3.63) is 12.2 Å². The predicted octanol–water partition coefficient (Wildman–Crippen LogP) is 2.15. The topological polar surface area (TPSA) is 26.3 Å². The van der Waals surface area contributed by atoms with Gasteiger partial charge in [-0.25, -0.2) is 4.79 Å². The molecule has 0 atom stereocenters. The van der Waals surface area contributed by atoms with Gasteiger partial charge in [0.25, 0.3) is 0 Å². The number of carbonyl (C=O) groups excluding carboxylic acids is 1. The van der Waals surface area contributed by atoms with Gasteiger partial charge < -0.3 is 4.74 Å². The summed E-state index contributed by atoms with van der Waals surface area (Å²) in [6.07, 6.45) is 0. The highest BCUT2D eigenvalue weighted by Crippen LogP contribution is 2.24. The van der Waals surface area contributed by atoms with Crippen LogP contribution in [0.15, 0.2) is 12.2 Å². The average Bonchev–Trinajstić information content (AvgIpc) is 1.85. The molecular weight excluding hydrogens is 140 g/mol. The highest BCUT2D eigenvalue weighted by Gasteiger charge is 2.22. The second-order valence-corrected chi connectivity index (χ2v) is 3.45. The van der Waals surface area contributed by atoms with Crippen LogP contribution in [0.2, 0.25) is 0 Å². The lowest BCUT2D eigenvalue weighted by Gasteiger charge is -2.19. The molecule has 64 valence electrons. The van der Waals surface area contributed by atoms with Crippen molar-refractivity contribution >= 4 is 5.97 Å². The molecule has 0 aliphatic carbocycles. The summed E-state index contributed by atoms with van der Waals surface area (Å²) in [6, 6.07) is 0. The van der Waals surface area contributed by atoms with Gasteiger partial charge in [0.1, 0.15) is 0 Å². The van der Waals surface area contributed by atoms with Crippen LogP contribution in [0.4, 0.5) is 0 Å². The van der Waals surface area contributed by atoms with Crippen molar-refractivity contribution in [1.29, 1.82) is 0 Å². The second kappa shape index (κ2) is 3.56. The minimum absolute atomic E-state index is 0.188. The molecule has 0 rings (SSSR count). The van der Waals surface area contributed by atoms with Crippen LogP contribution in [-0.2, 0) is 9.53 Å². The first-order valence-electron chi connectivity index (χ1n) is 3.76. The van der Waals surface area contributed by atoms with Crippen molar-refractivity contribution in [3.8, 4) is 0 Å². The summed E-state index contributed by atoms with van der Waals surface area (Å²) in [5, 5.41) is 0. The van der Waals surface area contributed by atoms with Crippen LogP contribution in [0.25, 0.3) is 0 Å². The van der Waals surface area contributed by atoms with Gasteiger partial charge in [-0.3, -0.25) is 0 Å². The van der Waals surface area contributed by atoms with Crippen molar-refractivity contribution in [1.82, 2.24) is 0 Å². The largest absolute Gasteiger partial charge is 0.463 e. The van der Waals surface area contributed by atoms with Gasteiger partial charge in [0.05, 0.1) is 6.61 Å². The summed E-state index contributed by atoms with van der Waals surface area (Å²) in [6.45, 7) is 11.7. The highest BCUT2D eigenvalue weighted by atomic mass is 16.5. The van der Waals surface area contributed by atoms with Crippen LogP contribution in [0.1, 0.15) is 27.7 Å². The first kappa shape index (κ1) is 10.2. The Labute approximate surface area is 68.2 Å². The molecule has 0 N–H and O–H groups in total. The van der Waals surface area contributed by atoms with E-state index >= 15 is 0 Å². The lowest BCUT2D eigenvalue weighted by Crippen LogP contribution is -2.19. The molecule has 0 spiro atoms. The van der Waals surface area contributed by atoms with E-state index in [-0.39, 0.29) is 11.4 Å². The molecule has 0 fully saturated rings. The minimum Gasteiger partial charge on any atom is -0.463 e. The maximum Gasteiger partial charge on any atom is 0.333 e. The molecule has 0 saturated carbocycles. The van der Waals surface area contributed by atoms with E-state index in [9.17, 15) is 4.79 Å². The van der Waals surface area contributed by atoms with Gasteiger partial charge in [0, 0.05) is 5.57 Å². The van der Waals surface area contributed by atoms with Gasteiger partial charge in [-0.15, -0.1) is 0 Å². The van der Waals surface area contributed by atoms with Crippen molar-refractivity contribution in [2.75, 3.05) is 6.61 Å². The number of ether oxygens (including phenoxy) is 1. The fourth-order valence-electron chi connectivity index (χ4n) is 0.524. The quantitative estimate of drug-likeness (QED) is 0.452. The fraction of sp³-hybridized carbons (Fsp3) is 0.667. The zero-order chi connectivity index (χ0) is 9.07. The van der Waals surface area contributed by atoms with Crippen LogP contribution in [0, 0.1) is 5.41 Å². The van der Waals surface area contributed by atoms with Gasteiger partial charge in [-0.1, -0.05) is 27.4 Å². The summed E-state index contributed by atoms with van der Waals surface area (Å²) >= 11 is 0. The molecule has 0 aromatic carbocycles. The molecule has 0 bridgehead atoms. The maximum atomic E-state index is 11.1. The molecular formula is C9H16O2. The second-order valence-electron chi connectivity index (χ2n) is 3.45.